The molecule has 1 fully saturated rings. The van der Waals surface area contributed by atoms with Crippen LogP contribution in [0.1, 0.15) is 24.8 Å². The van der Waals surface area contributed by atoms with Gasteiger partial charge in [-0.3, -0.25) is 14.7 Å². The average molecular weight is 410 g/mol. The Morgan fingerprint density at radius 1 is 1.40 bits per heavy atom. The van der Waals surface area contributed by atoms with Crippen molar-refractivity contribution >= 4 is 27.8 Å². The summed E-state index contributed by atoms with van der Waals surface area (Å²) in [5, 5.41) is 6.86. The molecule has 2 rings (SSSR count). The van der Waals surface area contributed by atoms with E-state index in [1.165, 1.54) is 5.56 Å². The highest BCUT2D eigenvalue weighted by atomic mass is 79.9. The first kappa shape index (κ1) is 19.7. The molecule has 1 heterocycles. The van der Waals surface area contributed by atoms with Gasteiger partial charge in [0.05, 0.1) is 6.54 Å². The second kappa shape index (κ2) is 10.4. The molecular weight excluding hydrogens is 382 g/mol. The third-order valence-corrected chi connectivity index (χ3v) is 4.85. The minimum atomic E-state index is -0.255. The van der Waals surface area contributed by atoms with Crippen molar-refractivity contribution in [2.45, 2.75) is 31.7 Å². The molecule has 1 aromatic rings. The number of aryl methyl sites for hydroxylation is 1. The zero-order valence-corrected chi connectivity index (χ0v) is 16.4. The van der Waals surface area contributed by atoms with Crippen LogP contribution in [0.4, 0.5) is 0 Å². The summed E-state index contributed by atoms with van der Waals surface area (Å²) < 4.78 is 1.12. The Morgan fingerprint density at radius 2 is 2.16 bits per heavy atom. The van der Waals surface area contributed by atoms with Gasteiger partial charge < -0.3 is 16.4 Å². The number of benzene rings is 1. The third kappa shape index (κ3) is 7.44. The smallest absolute Gasteiger partial charge is 0.231 e. The molecule has 25 heavy (non-hydrogen) atoms. The summed E-state index contributed by atoms with van der Waals surface area (Å²) in [5.41, 5.74) is 6.58. The number of nitrogens with zero attached hydrogens (tertiary/aromatic N) is 2. The largest absolute Gasteiger partial charge is 0.369 e. The van der Waals surface area contributed by atoms with Gasteiger partial charge in [0.2, 0.25) is 5.91 Å². The van der Waals surface area contributed by atoms with Crippen molar-refractivity contribution in [3.63, 3.8) is 0 Å². The summed E-state index contributed by atoms with van der Waals surface area (Å²) in [6.07, 6.45) is 4.07. The van der Waals surface area contributed by atoms with E-state index in [0.29, 0.717) is 12.6 Å². The number of guanidine groups is 1. The van der Waals surface area contributed by atoms with Crippen LogP contribution in [0, 0.1) is 0 Å². The summed E-state index contributed by atoms with van der Waals surface area (Å²) in [6.45, 7) is 3.02. The van der Waals surface area contributed by atoms with E-state index >= 15 is 0 Å². The molecule has 0 bridgehead atoms. The van der Waals surface area contributed by atoms with Gasteiger partial charge in [-0.05, 0) is 43.4 Å². The van der Waals surface area contributed by atoms with Crippen LogP contribution in [0.3, 0.4) is 0 Å². The zero-order chi connectivity index (χ0) is 18.1. The molecule has 1 amide bonds. The zero-order valence-electron chi connectivity index (χ0n) is 14.8. The van der Waals surface area contributed by atoms with Gasteiger partial charge in [0.15, 0.2) is 5.96 Å². The highest BCUT2D eigenvalue weighted by Gasteiger charge is 2.20. The Hall–Kier alpha value is -1.60. The van der Waals surface area contributed by atoms with E-state index < -0.39 is 0 Å². The molecule has 0 spiro atoms. The Bertz CT molecular complexity index is 585. The molecule has 1 saturated heterocycles. The molecule has 1 aromatic carbocycles. The average Bonchev–Trinajstić information content (AvgIpc) is 2.59. The maximum absolute atomic E-state index is 11.0. The highest BCUT2D eigenvalue weighted by Crippen LogP contribution is 2.13. The van der Waals surface area contributed by atoms with Crippen LogP contribution in [-0.4, -0.2) is 56.0 Å². The number of aliphatic imine (C=N–C) groups is 1. The second-order valence-electron chi connectivity index (χ2n) is 6.39. The number of amides is 1. The number of halogens is 1. The quantitative estimate of drug-likeness (QED) is 0.362. The maximum Gasteiger partial charge on any atom is 0.231 e. The van der Waals surface area contributed by atoms with Crippen molar-refractivity contribution in [2.75, 3.05) is 33.2 Å². The third-order valence-electron chi connectivity index (χ3n) is 4.36. The number of carbonyl (C=O) groups is 1. The normalized spacial score (nSPS) is 16.6. The van der Waals surface area contributed by atoms with Crippen LogP contribution in [-0.2, 0) is 11.2 Å². The number of piperidine rings is 1. The molecule has 0 aliphatic carbocycles. The van der Waals surface area contributed by atoms with E-state index in [0.717, 1.165) is 55.7 Å². The van der Waals surface area contributed by atoms with E-state index in [1.807, 2.05) is 6.07 Å². The van der Waals surface area contributed by atoms with Crippen LogP contribution in [0.5, 0.6) is 0 Å². The van der Waals surface area contributed by atoms with Crippen LogP contribution >= 0.6 is 15.9 Å². The topological polar surface area (TPSA) is 82.8 Å². The minimum absolute atomic E-state index is 0.255. The van der Waals surface area contributed by atoms with Gasteiger partial charge in [0, 0.05) is 37.2 Å². The van der Waals surface area contributed by atoms with E-state index in [4.69, 9.17) is 5.73 Å². The predicted molar refractivity (Wildman–Crippen MR) is 106 cm³/mol. The van der Waals surface area contributed by atoms with Crippen molar-refractivity contribution in [3.05, 3.63) is 34.3 Å². The molecule has 0 radical (unpaired) electrons. The monoisotopic (exact) mass is 409 g/mol. The Morgan fingerprint density at radius 3 is 2.80 bits per heavy atom. The molecular formula is C18H28BrN5O. The van der Waals surface area contributed by atoms with Crippen molar-refractivity contribution in [3.8, 4) is 0 Å². The van der Waals surface area contributed by atoms with Crippen LogP contribution in [0.25, 0.3) is 0 Å². The Labute approximate surface area is 158 Å². The number of hydrogen-bond donors (Lipinski definition) is 3. The summed E-state index contributed by atoms with van der Waals surface area (Å²) in [5.74, 6) is 0.594. The maximum atomic E-state index is 11.0. The molecule has 6 nitrogen and oxygen atoms in total. The number of rotatable bonds is 7. The van der Waals surface area contributed by atoms with Gasteiger partial charge in [0.1, 0.15) is 0 Å². The van der Waals surface area contributed by atoms with Gasteiger partial charge in [-0.1, -0.05) is 28.1 Å². The van der Waals surface area contributed by atoms with Gasteiger partial charge in [-0.15, -0.1) is 0 Å². The molecule has 0 saturated carbocycles. The fourth-order valence-corrected chi connectivity index (χ4v) is 3.48. The second-order valence-corrected chi connectivity index (χ2v) is 7.31. The van der Waals surface area contributed by atoms with Crippen LogP contribution in [0.2, 0.25) is 0 Å². The first-order valence-corrected chi connectivity index (χ1v) is 9.58. The number of nitrogens with two attached hydrogens (primary N) is 1. The van der Waals surface area contributed by atoms with Crippen molar-refractivity contribution in [1.82, 2.24) is 15.5 Å². The molecule has 0 aromatic heterocycles. The van der Waals surface area contributed by atoms with E-state index in [-0.39, 0.29) is 5.91 Å². The van der Waals surface area contributed by atoms with Gasteiger partial charge in [-0.2, -0.15) is 0 Å². The van der Waals surface area contributed by atoms with Crippen molar-refractivity contribution < 1.29 is 4.79 Å². The lowest BCUT2D eigenvalue weighted by molar-refractivity contribution is -0.119. The van der Waals surface area contributed by atoms with E-state index in [9.17, 15) is 4.79 Å². The summed E-state index contributed by atoms with van der Waals surface area (Å²) in [4.78, 5) is 17.4. The summed E-state index contributed by atoms with van der Waals surface area (Å²) in [6, 6.07) is 8.81. The minimum Gasteiger partial charge on any atom is -0.369 e. The van der Waals surface area contributed by atoms with Gasteiger partial charge in [-0.25, -0.2) is 0 Å². The van der Waals surface area contributed by atoms with E-state index in [2.05, 4.69) is 54.7 Å². The van der Waals surface area contributed by atoms with Gasteiger partial charge >= 0.3 is 0 Å². The predicted octanol–water partition coefficient (Wildman–Crippen LogP) is 1.50. The standard InChI is InChI=1S/C18H28BrN5O/c1-21-18(22-9-3-5-14-4-2-6-15(19)12-14)23-16-7-10-24(11-8-16)13-17(20)25/h2,4,6,12,16H,3,5,7-11,13H2,1H3,(H2,20,25)(H2,21,22,23). The number of likely N-dealkylation sites (tertiary alicyclic amines) is 1. The highest BCUT2D eigenvalue weighted by molar-refractivity contribution is 9.10. The van der Waals surface area contributed by atoms with E-state index in [1.54, 1.807) is 7.05 Å². The fraction of sp³-hybridized carbons (Fsp3) is 0.556. The first-order chi connectivity index (χ1) is 12.1. The fourth-order valence-electron chi connectivity index (χ4n) is 3.04. The van der Waals surface area contributed by atoms with Crippen molar-refractivity contribution in [1.29, 1.82) is 0 Å². The van der Waals surface area contributed by atoms with Crippen LogP contribution in [0.15, 0.2) is 33.7 Å². The van der Waals surface area contributed by atoms with Crippen molar-refractivity contribution in [2.24, 2.45) is 10.7 Å². The summed E-state index contributed by atoms with van der Waals surface area (Å²) >= 11 is 3.50. The number of primary amides is 1. The molecule has 0 atom stereocenters. The first-order valence-electron chi connectivity index (χ1n) is 8.79. The lowest BCUT2D eigenvalue weighted by Crippen LogP contribution is -2.49. The summed E-state index contributed by atoms with van der Waals surface area (Å²) in [7, 11) is 1.80. The van der Waals surface area contributed by atoms with Gasteiger partial charge in [0.25, 0.3) is 0 Å². The SMILES string of the molecule is CN=C(NCCCc1cccc(Br)c1)NC1CCN(CC(N)=O)CC1. The molecule has 1 aliphatic rings. The number of nitrogens with one attached hydrogen (secondary N) is 2. The van der Waals surface area contributed by atoms with Crippen LogP contribution < -0.4 is 16.4 Å². The molecule has 138 valence electrons. The molecule has 1 aliphatic heterocycles. The Balaban J connectivity index is 1.65. The Kier molecular flexibility index (Phi) is 8.21. The molecule has 4 N–H and O–H groups in total. The molecule has 7 heteroatoms. The number of hydrogen-bond acceptors (Lipinski definition) is 3. The molecule has 0 unspecified atom stereocenters. The number of carbonyl (C=O) groups excluding carboxylic acids is 1. The lowest BCUT2D eigenvalue weighted by Gasteiger charge is -2.32. The lowest BCUT2D eigenvalue weighted by atomic mass is 10.1.